The Hall–Kier alpha value is -3.29. The van der Waals surface area contributed by atoms with E-state index < -0.39 is 0 Å². The topological polar surface area (TPSA) is 58.9 Å². The third kappa shape index (κ3) is 3.89. The van der Waals surface area contributed by atoms with E-state index in [4.69, 9.17) is 23.8 Å². The predicted octanol–water partition coefficient (Wildman–Crippen LogP) is 4.49. The molecule has 6 nitrogen and oxygen atoms in total. The molecule has 2 atom stereocenters. The van der Waals surface area contributed by atoms with Crippen LogP contribution in [0.1, 0.15) is 29.0 Å². The number of hydrogen-bond donors (Lipinski definition) is 1. The summed E-state index contributed by atoms with van der Waals surface area (Å²) in [5.41, 5.74) is 3.13. The molecule has 0 bridgehead atoms. The zero-order valence-electron chi connectivity index (χ0n) is 16.5. The minimum Gasteiger partial charge on any atom is -0.352 e. The van der Waals surface area contributed by atoms with Gasteiger partial charge in [-0.1, -0.05) is 17.7 Å². The van der Waals surface area contributed by atoms with Crippen LogP contribution in [0.2, 0.25) is 5.02 Å². The Labute approximate surface area is 190 Å². The molecule has 8 heteroatoms. The van der Waals surface area contributed by atoms with E-state index in [1.807, 2.05) is 60.9 Å². The van der Waals surface area contributed by atoms with Crippen molar-refractivity contribution >= 4 is 28.9 Å². The maximum Gasteiger partial charge on any atom is 0.170 e. The number of nitrogens with one attached hydrogen (secondary N) is 1. The standard InChI is InChI=1S/C23H19ClN6S/c24-17-6-7-20(27-14-17)29-13-3-5-19(29)22-21(18-4-1-2-10-26-18)28-23(31)30(22)15-16-8-11-25-12-9-16/h1-14,21-22H,15H2,(H,28,31). The zero-order chi connectivity index (χ0) is 21.2. The van der Waals surface area contributed by atoms with Gasteiger partial charge in [0.2, 0.25) is 0 Å². The van der Waals surface area contributed by atoms with E-state index in [-0.39, 0.29) is 12.1 Å². The fraction of sp³-hybridized carbons (Fsp3) is 0.130. The second-order valence-corrected chi connectivity index (χ2v) is 8.07. The van der Waals surface area contributed by atoms with Crippen molar-refractivity contribution in [3.8, 4) is 5.82 Å². The van der Waals surface area contributed by atoms with Crippen LogP contribution in [0.4, 0.5) is 0 Å². The largest absolute Gasteiger partial charge is 0.352 e. The molecule has 0 saturated carbocycles. The molecule has 1 saturated heterocycles. The van der Waals surface area contributed by atoms with E-state index in [9.17, 15) is 0 Å². The molecule has 4 aromatic rings. The van der Waals surface area contributed by atoms with Gasteiger partial charge >= 0.3 is 0 Å². The van der Waals surface area contributed by atoms with Crippen LogP contribution < -0.4 is 5.32 Å². The van der Waals surface area contributed by atoms with Gasteiger partial charge in [-0.05, 0) is 66.3 Å². The number of rotatable bonds is 5. The second-order valence-electron chi connectivity index (χ2n) is 7.25. The van der Waals surface area contributed by atoms with Crippen LogP contribution >= 0.6 is 23.8 Å². The third-order valence-electron chi connectivity index (χ3n) is 5.34. The molecule has 1 aliphatic heterocycles. The summed E-state index contributed by atoms with van der Waals surface area (Å²) < 4.78 is 2.08. The van der Waals surface area contributed by atoms with Gasteiger partial charge in [0.05, 0.1) is 22.8 Å². The molecule has 0 radical (unpaired) electrons. The van der Waals surface area contributed by atoms with Crippen LogP contribution in [0.15, 0.2) is 85.6 Å². The van der Waals surface area contributed by atoms with Crippen LogP contribution in [0.3, 0.4) is 0 Å². The zero-order valence-corrected chi connectivity index (χ0v) is 18.0. The first kappa shape index (κ1) is 19.7. The molecule has 0 aromatic carbocycles. The molecular weight excluding hydrogens is 428 g/mol. The number of thiocarbonyl (C=S) groups is 1. The maximum absolute atomic E-state index is 6.06. The molecule has 1 N–H and O–H groups in total. The van der Waals surface area contributed by atoms with Gasteiger partial charge in [0.15, 0.2) is 5.11 Å². The fourth-order valence-corrected chi connectivity index (χ4v) is 4.35. The summed E-state index contributed by atoms with van der Waals surface area (Å²) in [7, 11) is 0. The molecule has 0 amide bonds. The van der Waals surface area contributed by atoms with Crippen LogP contribution in [0.5, 0.6) is 0 Å². The van der Waals surface area contributed by atoms with E-state index in [0.717, 1.165) is 22.8 Å². The summed E-state index contributed by atoms with van der Waals surface area (Å²) in [6.07, 6.45) is 9.07. The van der Waals surface area contributed by atoms with Crippen molar-refractivity contribution in [3.05, 3.63) is 108 Å². The van der Waals surface area contributed by atoms with Crippen LogP contribution in [0, 0.1) is 0 Å². The summed E-state index contributed by atoms with van der Waals surface area (Å²) in [5, 5.41) is 4.78. The van der Waals surface area contributed by atoms with Crippen LogP contribution in [-0.2, 0) is 6.54 Å². The van der Waals surface area contributed by atoms with E-state index in [1.165, 1.54) is 0 Å². The predicted molar refractivity (Wildman–Crippen MR) is 124 cm³/mol. The van der Waals surface area contributed by atoms with E-state index in [0.29, 0.717) is 16.7 Å². The molecular formula is C23H19ClN6S. The molecule has 31 heavy (non-hydrogen) atoms. The van der Waals surface area contributed by atoms with Crippen molar-refractivity contribution in [1.29, 1.82) is 0 Å². The van der Waals surface area contributed by atoms with E-state index in [2.05, 4.69) is 35.8 Å². The second kappa shape index (κ2) is 8.45. The number of pyridine rings is 3. The first-order valence-corrected chi connectivity index (χ1v) is 10.7. The van der Waals surface area contributed by atoms with Crippen molar-refractivity contribution in [2.24, 2.45) is 0 Å². The lowest BCUT2D eigenvalue weighted by atomic mass is 10.0. The molecule has 5 rings (SSSR count). The van der Waals surface area contributed by atoms with Gasteiger partial charge in [-0.3, -0.25) is 9.97 Å². The number of halogens is 1. The Balaban J connectivity index is 1.60. The average molecular weight is 447 g/mol. The minimum absolute atomic E-state index is 0.0805. The number of aromatic nitrogens is 4. The molecule has 1 aliphatic rings. The Morgan fingerprint density at radius 2 is 1.84 bits per heavy atom. The molecule has 4 aromatic heterocycles. The summed E-state index contributed by atoms with van der Waals surface area (Å²) in [6.45, 7) is 0.654. The van der Waals surface area contributed by atoms with Crippen molar-refractivity contribution in [2.75, 3.05) is 0 Å². The normalized spacial score (nSPS) is 18.2. The fourth-order valence-electron chi connectivity index (χ4n) is 3.94. The average Bonchev–Trinajstić information content (AvgIpc) is 3.40. The Kier molecular flexibility index (Phi) is 5.36. The molecule has 0 aliphatic carbocycles. The molecule has 154 valence electrons. The molecule has 2 unspecified atom stereocenters. The summed E-state index contributed by atoms with van der Waals surface area (Å²) in [6, 6.07) is 17.7. The van der Waals surface area contributed by atoms with Gasteiger partial charge in [0.1, 0.15) is 5.82 Å². The summed E-state index contributed by atoms with van der Waals surface area (Å²) in [4.78, 5) is 15.5. The minimum atomic E-state index is -0.100. The van der Waals surface area contributed by atoms with Gasteiger partial charge < -0.3 is 14.8 Å². The van der Waals surface area contributed by atoms with Crippen molar-refractivity contribution < 1.29 is 0 Å². The van der Waals surface area contributed by atoms with Crippen LogP contribution in [0.25, 0.3) is 5.82 Å². The SMILES string of the molecule is S=C1NC(c2ccccn2)C(c2cccn2-c2ccc(Cl)cn2)N1Cc1ccncc1. The van der Waals surface area contributed by atoms with Gasteiger partial charge in [-0.25, -0.2) is 4.98 Å². The Morgan fingerprint density at radius 1 is 0.968 bits per heavy atom. The summed E-state index contributed by atoms with van der Waals surface area (Å²) >= 11 is 11.8. The highest BCUT2D eigenvalue weighted by atomic mass is 35.5. The maximum atomic E-state index is 6.06. The molecule has 0 spiro atoms. The van der Waals surface area contributed by atoms with Gasteiger partial charge in [-0.15, -0.1) is 0 Å². The molecule has 1 fully saturated rings. The highest BCUT2D eigenvalue weighted by Gasteiger charge is 2.41. The van der Waals surface area contributed by atoms with Crippen molar-refractivity contribution in [3.63, 3.8) is 0 Å². The number of hydrogen-bond acceptors (Lipinski definition) is 4. The van der Waals surface area contributed by atoms with Gasteiger partial charge in [0, 0.05) is 43.2 Å². The molecule has 5 heterocycles. The lowest BCUT2D eigenvalue weighted by Gasteiger charge is -2.28. The first-order valence-electron chi connectivity index (χ1n) is 9.87. The summed E-state index contributed by atoms with van der Waals surface area (Å²) in [5.74, 6) is 0.797. The van der Waals surface area contributed by atoms with E-state index in [1.54, 1.807) is 18.6 Å². The Bertz CT molecular complexity index is 1180. The monoisotopic (exact) mass is 446 g/mol. The quantitative estimate of drug-likeness (QED) is 0.456. The highest BCUT2D eigenvalue weighted by Crippen LogP contribution is 2.40. The van der Waals surface area contributed by atoms with Gasteiger partial charge in [0.25, 0.3) is 0 Å². The van der Waals surface area contributed by atoms with E-state index >= 15 is 0 Å². The van der Waals surface area contributed by atoms with Gasteiger partial charge in [-0.2, -0.15) is 0 Å². The lowest BCUT2D eigenvalue weighted by Crippen LogP contribution is -2.30. The highest BCUT2D eigenvalue weighted by molar-refractivity contribution is 7.80. The lowest BCUT2D eigenvalue weighted by molar-refractivity contribution is 0.302. The first-order chi connectivity index (χ1) is 15.2. The smallest absolute Gasteiger partial charge is 0.170 e. The third-order valence-corrected chi connectivity index (χ3v) is 5.92. The Morgan fingerprint density at radius 3 is 2.58 bits per heavy atom. The number of nitrogens with zero attached hydrogens (tertiary/aromatic N) is 5. The van der Waals surface area contributed by atoms with Crippen LogP contribution in [-0.4, -0.2) is 29.5 Å². The van der Waals surface area contributed by atoms with Crippen molar-refractivity contribution in [2.45, 2.75) is 18.6 Å². The van der Waals surface area contributed by atoms with Crippen molar-refractivity contribution in [1.82, 2.24) is 29.7 Å².